The van der Waals surface area contributed by atoms with E-state index in [2.05, 4.69) is 9.44 Å². The van der Waals surface area contributed by atoms with Gasteiger partial charge in [-0.1, -0.05) is 0 Å². The predicted molar refractivity (Wildman–Crippen MR) is 91.2 cm³/mol. The Kier molecular flexibility index (Phi) is 6.01. The lowest BCUT2D eigenvalue weighted by molar-refractivity contribution is 0.474. The lowest BCUT2D eigenvalue weighted by Gasteiger charge is -2.08. The average molecular weight is 386 g/mol. The number of nitrogens with one attached hydrogen (secondary N) is 2. The summed E-state index contributed by atoms with van der Waals surface area (Å²) in [5.41, 5.74) is 0. The Balaban J connectivity index is 1.83. The smallest absolute Gasteiger partial charge is 0.240 e. The number of phenols is 2. The quantitative estimate of drug-likeness (QED) is 0.495. The van der Waals surface area contributed by atoms with Crippen molar-refractivity contribution < 1.29 is 27.0 Å². The van der Waals surface area contributed by atoms with Gasteiger partial charge in [-0.05, 0) is 55.0 Å². The van der Waals surface area contributed by atoms with E-state index in [0.717, 1.165) is 0 Å². The summed E-state index contributed by atoms with van der Waals surface area (Å²) in [7, 11) is -7.43. The summed E-state index contributed by atoms with van der Waals surface area (Å²) >= 11 is 0. The van der Waals surface area contributed by atoms with Crippen molar-refractivity contribution in [3.05, 3.63) is 48.5 Å². The summed E-state index contributed by atoms with van der Waals surface area (Å²) in [6.45, 7) is 0.0859. The second kappa shape index (κ2) is 7.83. The van der Waals surface area contributed by atoms with Gasteiger partial charge in [-0.15, -0.1) is 0 Å². The highest BCUT2D eigenvalue weighted by Gasteiger charge is 2.15. The van der Waals surface area contributed by atoms with Crippen LogP contribution in [0.5, 0.6) is 11.5 Å². The molecule has 0 spiro atoms. The summed E-state index contributed by atoms with van der Waals surface area (Å²) in [5, 5.41) is 18.3. The largest absolute Gasteiger partial charge is 0.508 e. The molecule has 2 aromatic carbocycles. The van der Waals surface area contributed by atoms with E-state index in [1.165, 1.54) is 48.5 Å². The number of phenolic OH excluding ortho intramolecular Hbond substituents is 2. The molecule has 8 nitrogen and oxygen atoms in total. The number of hydrogen-bond acceptors (Lipinski definition) is 6. The molecule has 0 aliphatic carbocycles. The van der Waals surface area contributed by atoms with Gasteiger partial charge >= 0.3 is 0 Å². The molecule has 0 bridgehead atoms. The van der Waals surface area contributed by atoms with Crippen LogP contribution < -0.4 is 9.44 Å². The van der Waals surface area contributed by atoms with Crippen LogP contribution in [0.4, 0.5) is 0 Å². The molecule has 0 heterocycles. The standard InChI is InChI=1S/C15H18N2O6S2/c18-12-2-6-14(7-3-12)24(20,21)16-10-1-11-17-25(22,23)15-8-4-13(19)5-9-15/h2-9,16-19H,1,10-11H2. The van der Waals surface area contributed by atoms with Crippen molar-refractivity contribution in [3.8, 4) is 11.5 Å². The van der Waals surface area contributed by atoms with Crippen molar-refractivity contribution in [2.45, 2.75) is 16.2 Å². The minimum Gasteiger partial charge on any atom is -0.508 e. The van der Waals surface area contributed by atoms with E-state index >= 15 is 0 Å². The van der Waals surface area contributed by atoms with E-state index in [4.69, 9.17) is 10.2 Å². The SMILES string of the molecule is O=S(=O)(NCCCNS(=O)(=O)c1ccc(O)cc1)c1ccc(O)cc1. The summed E-state index contributed by atoms with van der Waals surface area (Å²) in [4.78, 5) is 0.0185. The molecule has 0 radical (unpaired) electrons. The Bertz CT molecular complexity index is 830. The van der Waals surface area contributed by atoms with Crippen LogP contribution in [-0.4, -0.2) is 40.1 Å². The zero-order valence-electron chi connectivity index (χ0n) is 13.1. The molecule has 2 aromatic rings. The van der Waals surface area contributed by atoms with Crippen molar-refractivity contribution in [2.75, 3.05) is 13.1 Å². The lowest BCUT2D eigenvalue weighted by Crippen LogP contribution is -2.30. The number of aromatic hydroxyl groups is 2. The molecular weight excluding hydrogens is 368 g/mol. The predicted octanol–water partition coefficient (Wildman–Crippen LogP) is 0.745. The van der Waals surface area contributed by atoms with E-state index in [9.17, 15) is 16.8 Å². The van der Waals surface area contributed by atoms with Crippen LogP contribution in [0.15, 0.2) is 58.3 Å². The van der Waals surface area contributed by atoms with Crippen LogP contribution in [0.1, 0.15) is 6.42 Å². The second-order valence-electron chi connectivity index (χ2n) is 5.14. The Morgan fingerprint density at radius 1 is 0.640 bits per heavy atom. The van der Waals surface area contributed by atoms with E-state index in [1.807, 2.05) is 0 Å². The Morgan fingerprint density at radius 2 is 0.960 bits per heavy atom. The third-order valence-corrected chi connectivity index (χ3v) is 6.19. The van der Waals surface area contributed by atoms with E-state index < -0.39 is 20.0 Å². The summed E-state index contributed by atoms with van der Waals surface area (Å²) in [6, 6.07) is 10.1. The van der Waals surface area contributed by atoms with Crippen LogP contribution in [0.3, 0.4) is 0 Å². The molecule has 4 N–H and O–H groups in total. The molecule has 0 unspecified atom stereocenters. The zero-order valence-corrected chi connectivity index (χ0v) is 14.7. The maximum Gasteiger partial charge on any atom is 0.240 e. The summed E-state index contributed by atoms with van der Waals surface area (Å²) < 4.78 is 52.7. The van der Waals surface area contributed by atoms with Crippen LogP contribution in [0.25, 0.3) is 0 Å². The van der Waals surface area contributed by atoms with Gasteiger partial charge < -0.3 is 10.2 Å². The van der Waals surface area contributed by atoms with E-state index in [-0.39, 0.29) is 40.8 Å². The van der Waals surface area contributed by atoms with Crippen LogP contribution in [0.2, 0.25) is 0 Å². The molecule has 0 aliphatic rings. The molecule has 0 aliphatic heterocycles. The Hall–Kier alpha value is -2.14. The van der Waals surface area contributed by atoms with Gasteiger partial charge in [0.05, 0.1) is 9.79 Å². The molecule has 2 rings (SSSR count). The minimum atomic E-state index is -3.72. The molecule has 25 heavy (non-hydrogen) atoms. The first-order valence-corrected chi connectivity index (χ1v) is 10.2. The topological polar surface area (TPSA) is 133 Å². The molecule has 0 atom stereocenters. The molecular formula is C15H18N2O6S2. The minimum absolute atomic E-state index is 0.00924. The van der Waals surface area contributed by atoms with Gasteiger partial charge in [-0.2, -0.15) is 0 Å². The van der Waals surface area contributed by atoms with Gasteiger partial charge in [0, 0.05) is 13.1 Å². The third-order valence-electron chi connectivity index (χ3n) is 3.23. The van der Waals surface area contributed by atoms with Crippen LogP contribution in [-0.2, 0) is 20.0 Å². The first-order valence-electron chi connectivity index (χ1n) is 7.28. The van der Waals surface area contributed by atoms with Crippen LogP contribution >= 0.6 is 0 Å². The fourth-order valence-electron chi connectivity index (χ4n) is 1.92. The van der Waals surface area contributed by atoms with Crippen molar-refractivity contribution in [1.29, 1.82) is 0 Å². The number of hydrogen-bond donors (Lipinski definition) is 4. The van der Waals surface area contributed by atoms with Gasteiger partial charge in [0.15, 0.2) is 0 Å². The Labute approximate surface area is 146 Å². The fourth-order valence-corrected chi connectivity index (χ4v) is 4.07. The normalized spacial score (nSPS) is 12.2. The van der Waals surface area contributed by atoms with Crippen molar-refractivity contribution >= 4 is 20.0 Å². The highest BCUT2D eigenvalue weighted by Crippen LogP contribution is 2.15. The van der Waals surface area contributed by atoms with Gasteiger partial charge in [0.2, 0.25) is 20.0 Å². The van der Waals surface area contributed by atoms with Gasteiger partial charge in [-0.3, -0.25) is 0 Å². The summed E-state index contributed by atoms with van der Waals surface area (Å²) in [6.07, 6.45) is 0.245. The van der Waals surface area contributed by atoms with Crippen molar-refractivity contribution in [2.24, 2.45) is 0 Å². The molecule has 10 heteroatoms. The maximum absolute atomic E-state index is 12.0. The van der Waals surface area contributed by atoms with Gasteiger partial charge in [0.25, 0.3) is 0 Å². The summed E-state index contributed by atoms with van der Waals surface area (Å²) in [5.74, 6) is -0.0785. The monoisotopic (exact) mass is 386 g/mol. The average Bonchev–Trinajstić information content (AvgIpc) is 2.55. The number of rotatable bonds is 8. The van der Waals surface area contributed by atoms with Crippen molar-refractivity contribution in [3.63, 3.8) is 0 Å². The molecule has 0 aromatic heterocycles. The highest BCUT2D eigenvalue weighted by atomic mass is 32.2. The fraction of sp³-hybridized carbons (Fsp3) is 0.200. The maximum atomic E-state index is 12.0. The van der Waals surface area contributed by atoms with E-state index in [0.29, 0.717) is 0 Å². The molecule has 0 fully saturated rings. The second-order valence-corrected chi connectivity index (χ2v) is 8.67. The van der Waals surface area contributed by atoms with Gasteiger partial charge in [-0.25, -0.2) is 26.3 Å². The Morgan fingerprint density at radius 3 is 1.28 bits per heavy atom. The third kappa shape index (κ3) is 5.43. The number of benzene rings is 2. The van der Waals surface area contributed by atoms with E-state index in [1.54, 1.807) is 0 Å². The molecule has 0 saturated heterocycles. The molecule has 0 amide bonds. The van der Waals surface area contributed by atoms with Crippen LogP contribution in [0, 0.1) is 0 Å². The lowest BCUT2D eigenvalue weighted by atomic mass is 10.3. The van der Waals surface area contributed by atoms with Gasteiger partial charge in [0.1, 0.15) is 11.5 Å². The first-order chi connectivity index (χ1) is 11.7. The highest BCUT2D eigenvalue weighted by molar-refractivity contribution is 7.89. The number of sulfonamides is 2. The first kappa shape index (κ1) is 19.2. The van der Waals surface area contributed by atoms with Crippen molar-refractivity contribution in [1.82, 2.24) is 9.44 Å². The zero-order chi connectivity index (χ0) is 18.5. The molecule has 0 saturated carbocycles. The molecule has 136 valence electrons.